The van der Waals surface area contributed by atoms with Crippen LogP contribution in [0.5, 0.6) is 0 Å². The first-order chi connectivity index (χ1) is 8.40. The molecule has 0 bridgehead atoms. The summed E-state index contributed by atoms with van der Waals surface area (Å²) in [7, 11) is 0. The van der Waals surface area contributed by atoms with E-state index in [1.54, 1.807) is 17.8 Å². The van der Waals surface area contributed by atoms with E-state index in [2.05, 4.69) is 5.32 Å². The van der Waals surface area contributed by atoms with E-state index < -0.39 is 5.97 Å². The molecule has 0 aliphatic heterocycles. The first kappa shape index (κ1) is 14.6. The Morgan fingerprint density at radius 2 is 2.06 bits per heavy atom. The van der Waals surface area contributed by atoms with Crippen LogP contribution in [0, 0.1) is 6.92 Å². The Labute approximate surface area is 111 Å². The van der Waals surface area contributed by atoms with Crippen LogP contribution in [0.4, 0.5) is 5.69 Å². The number of amides is 1. The standard InChI is InChI=1S/C13H17NO3S/c1-8(2)18-7-12(15)14-11-6-10(13(16)17)5-4-9(11)3/h4-6,8H,7H2,1-3H3,(H,14,15)(H,16,17). The molecule has 0 aliphatic carbocycles. The highest BCUT2D eigenvalue weighted by Gasteiger charge is 2.09. The molecule has 1 amide bonds. The number of carboxylic acid groups (broad SMARTS) is 1. The summed E-state index contributed by atoms with van der Waals surface area (Å²) in [5.41, 5.74) is 1.58. The van der Waals surface area contributed by atoms with Gasteiger partial charge in [0.2, 0.25) is 5.91 Å². The molecule has 0 unspecified atom stereocenters. The molecular formula is C13H17NO3S. The molecular weight excluding hydrogens is 250 g/mol. The minimum Gasteiger partial charge on any atom is -0.478 e. The van der Waals surface area contributed by atoms with Crippen molar-refractivity contribution in [1.82, 2.24) is 0 Å². The normalized spacial score (nSPS) is 10.4. The van der Waals surface area contributed by atoms with Crippen molar-refractivity contribution in [1.29, 1.82) is 0 Å². The van der Waals surface area contributed by atoms with Crippen molar-refractivity contribution < 1.29 is 14.7 Å². The number of benzene rings is 1. The summed E-state index contributed by atoms with van der Waals surface area (Å²) in [5, 5.41) is 12.0. The van der Waals surface area contributed by atoms with Crippen LogP contribution < -0.4 is 5.32 Å². The second-order valence-electron chi connectivity index (χ2n) is 4.24. The maximum Gasteiger partial charge on any atom is 0.335 e. The molecule has 0 saturated carbocycles. The van der Waals surface area contributed by atoms with E-state index in [4.69, 9.17) is 5.11 Å². The van der Waals surface area contributed by atoms with E-state index in [1.807, 2.05) is 20.8 Å². The van der Waals surface area contributed by atoms with Gasteiger partial charge in [-0.25, -0.2) is 4.79 Å². The van der Waals surface area contributed by atoms with Gasteiger partial charge in [0.05, 0.1) is 11.3 Å². The van der Waals surface area contributed by atoms with Crippen molar-refractivity contribution in [3.05, 3.63) is 29.3 Å². The number of aryl methyl sites for hydroxylation is 1. The summed E-state index contributed by atoms with van der Waals surface area (Å²) in [6.45, 7) is 5.87. The molecule has 0 spiro atoms. The van der Waals surface area contributed by atoms with E-state index in [0.717, 1.165) is 5.56 Å². The lowest BCUT2D eigenvalue weighted by Crippen LogP contribution is -2.16. The number of aromatic carboxylic acids is 1. The van der Waals surface area contributed by atoms with Gasteiger partial charge in [0.25, 0.3) is 0 Å². The Morgan fingerprint density at radius 3 is 2.61 bits per heavy atom. The number of nitrogens with one attached hydrogen (secondary N) is 1. The van der Waals surface area contributed by atoms with Gasteiger partial charge in [0, 0.05) is 5.69 Å². The van der Waals surface area contributed by atoms with Crippen molar-refractivity contribution in [2.45, 2.75) is 26.0 Å². The third-order valence-electron chi connectivity index (χ3n) is 2.31. The molecule has 1 aromatic carbocycles. The van der Waals surface area contributed by atoms with Crippen molar-refractivity contribution in [2.75, 3.05) is 11.1 Å². The Hall–Kier alpha value is -1.49. The van der Waals surface area contributed by atoms with Gasteiger partial charge >= 0.3 is 5.97 Å². The second kappa shape index (κ2) is 6.44. The number of hydrogen-bond donors (Lipinski definition) is 2. The number of thioether (sulfide) groups is 1. The van der Waals surface area contributed by atoms with Gasteiger partial charge < -0.3 is 10.4 Å². The number of rotatable bonds is 5. The summed E-state index contributed by atoms with van der Waals surface area (Å²) in [5.74, 6) is -0.740. The van der Waals surface area contributed by atoms with Gasteiger partial charge in [-0.1, -0.05) is 19.9 Å². The molecule has 0 aromatic heterocycles. The van der Waals surface area contributed by atoms with Crippen molar-refractivity contribution in [2.24, 2.45) is 0 Å². The monoisotopic (exact) mass is 267 g/mol. The zero-order valence-corrected chi connectivity index (χ0v) is 11.5. The van der Waals surface area contributed by atoms with Crippen LogP contribution in [0.1, 0.15) is 29.8 Å². The zero-order chi connectivity index (χ0) is 13.7. The van der Waals surface area contributed by atoms with Crippen LogP contribution in [0.25, 0.3) is 0 Å². The number of carboxylic acids is 1. The first-order valence-corrected chi connectivity index (χ1v) is 6.70. The molecule has 0 radical (unpaired) electrons. The smallest absolute Gasteiger partial charge is 0.335 e. The highest BCUT2D eigenvalue weighted by molar-refractivity contribution is 8.00. The maximum atomic E-state index is 11.7. The highest BCUT2D eigenvalue weighted by Crippen LogP contribution is 2.18. The van der Waals surface area contributed by atoms with Gasteiger partial charge in [0.1, 0.15) is 0 Å². The van der Waals surface area contributed by atoms with E-state index in [-0.39, 0.29) is 11.5 Å². The molecule has 1 aromatic rings. The Kier molecular flexibility index (Phi) is 5.22. The van der Waals surface area contributed by atoms with Crippen LogP contribution in [-0.4, -0.2) is 28.0 Å². The fourth-order valence-corrected chi connectivity index (χ4v) is 1.88. The van der Waals surface area contributed by atoms with Gasteiger partial charge in [-0.3, -0.25) is 4.79 Å². The average molecular weight is 267 g/mol. The summed E-state index contributed by atoms with van der Waals surface area (Å²) in [6, 6.07) is 4.69. The maximum absolute atomic E-state index is 11.7. The lowest BCUT2D eigenvalue weighted by atomic mass is 10.1. The van der Waals surface area contributed by atoms with Crippen molar-refractivity contribution in [3.8, 4) is 0 Å². The summed E-state index contributed by atoms with van der Waals surface area (Å²) >= 11 is 1.55. The summed E-state index contributed by atoms with van der Waals surface area (Å²) in [6.07, 6.45) is 0. The third-order valence-corrected chi connectivity index (χ3v) is 3.40. The fraction of sp³-hybridized carbons (Fsp3) is 0.385. The van der Waals surface area contributed by atoms with Crippen LogP contribution in [-0.2, 0) is 4.79 Å². The Morgan fingerprint density at radius 1 is 1.39 bits per heavy atom. The minimum absolute atomic E-state index is 0.112. The van der Waals surface area contributed by atoms with Crippen LogP contribution in [0.2, 0.25) is 0 Å². The van der Waals surface area contributed by atoms with Crippen LogP contribution in [0.15, 0.2) is 18.2 Å². The lowest BCUT2D eigenvalue weighted by molar-refractivity contribution is -0.113. The first-order valence-electron chi connectivity index (χ1n) is 5.65. The topological polar surface area (TPSA) is 66.4 Å². The third kappa shape index (κ3) is 4.41. The molecule has 4 nitrogen and oxygen atoms in total. The fourth-order valence-electron chi connectivity index (χ4n) is 1.32. The highest BCUT2D eigenvalue weighted by atomic mass is 32.2. The largest absolute Gasteiger partial charge is 0.478 e. The predicted molar refractivity (Wildman–Crippen MR) is 74.4 cm³/mol. The summed E-state index contributed by atoms with van der Waals surface area (Å²) < 4.78 is 0. The predicted octanol–water partition coefficient (Wildman–Crippen LogP) is 2.77. The molecule has 1 rings (SSSR count). The molecule has 98 valence electrons. The molecule has 18 heavy (non-hydrogen) atoms. The number of hydrogen-bond acceptors (Lipinski definition) is 3. The Bertz CT molecular complexity index is 458. The van der Waals surface area contributed by atoms with Crippen LogP contribution in [0.3, 0.4) is 0 Å². The quantitative estimate of drug-likeness (QED) is 0.861. The van der Waals surface area contributed by atoms with Crippen molar-refractivity contribution in [3.63, 3.8) is 0 Å². The average Bonchev–Trinajstić information content (AvgIpc) is 2.29. The number of carbonyl (C=O) groups is 2. The van der Waals surface area contributed by atoms with Crippen LogP contribution >= 0.6 is 11.8 Å². The van der Waals surface area contributed by atoms with Gasteiger partial charge in [-0.15, -0.1) is 11.8 Å². The van der Waals surface area contributed by atoms with Crippen molar-refractivity contribution >= 4 is 29.3 Å². The van der Waals surface area contributed by atoms with Gasteiger partial charge in [-0.05, 0) is 29.9 Å². The minimum atomic E-state index is -0.998. The van der Waals surface area contributed by atoms with Gasteiger partial charge in [-0.2, -0.15) is 0 Å². The Balaban J connectivity index is 2.74. The zero-order valence-electron chi connectivity index (χ0n) is 10.7. The molecule has 0 aliphatic rings. The lowest BCUT2D eigenvalue weighted by Gasteiger charge is -2.10. The van der Waals surface area contributed by atoms with Gasteiger partial charge in [0.15, 0.2) is 0 Å². The molecule has 0 heterocycles. The van der Waals surface area contributed by atoms with E-state index in [1.165, 1.54) is 12.1 Å². The SMILES string of the molecule is Cc1ccc(C(=O)O)cc1NC(=O)CSC(C)C. The van der Waals surface area contributed by atoms with E-state index in [9.17, 15) is 9.59 Å². The van der Waals surface area contributed by atoms with E-state index >= 15 is 0 Å². The molecule has 2 N–H and O–H groups in total. The number of anilines is 1. The number of carbonyl (C=O) groups excluding carboxylic acids is 1. The molecule has 0 fully saturated rings. The molecule has 0 atom stereocenters. The molecule has 5 heteroatoms. The van der Waals surface area contributed by atoms with E-state index in [0.29, 0.717) is 16.7 Å². The second-order valence-corrected chi connectivity index (χ2v) is 5.81. The summed E-state index contributed by atoms with van der Waals surface area (Å²) in [4.78, 5) is 22.5. The molecule has 0 saturated heterocycles.